The van der Waals surface area contributed by atoms with E-state index in [9.17, 15) is 27.6 Å². The molecular formula is C24H25Cl2F3N6O3. The number of anilines is 1. The fraction of sp³-hybridized carbons (Fsp3) is 0.292. The summed E-state index contributed by atoms with van der Waals surface area (Å²) in [5, 5.41) is 6.04. The Labute approximate surface area is 226 Å². The Morgan fingerprint density at radius 2 is 1.74 bits per heavy atom. The fourth-order valence-corrected chi connectivity index (χ4v) is 3.75. The van der Waals surface area contributed by atoms with Gasteiger partial charge in [-0.1, -0.05) is 38.1 Å². The molecular weight excluding hydrogens is 548 g/mol. The van der Waals surface area contributed by atoms with Crippen molar-refractivity contribution in [2.45, 2.75) is 40.8 Å². The molecule has 0 radical (unpaired) electrons. The highest BCUT2D eigenvalue weighted by Crippen LogP contribution is 2.32. The lowest BCUT2D eigenvalue weighted by Crippen LogP contribution is -2.42. The van der Waals surface area contributed by atoms with E-state index in [1.54, 1.807) is 0 Å². The number of carbonyl (C=O) groups is 3. The van der Waals surface area contributed by atoms with Crippen LogP contribution in [0.1, 0.15) is 59.8 Å². The lowest BCUT2D eigenvalue weighted by molar-refractivity contribution is -0.141. The molecule has 2 heterocycles. The third-order valence-electron chi connectivity index (χ3n) is 5.20. The molecule has 4 rings (SSSR count). The number of hydrogen-bond donors (Lipinski definition) is 3. The van der Waals surface area contributed by atoms with E-state index in [1.165, 1.54) is 37.4 Å². The number of nitrogens with zero attached hydrogens (tertiary/aromatic N) is 3. The molecule has 204 valence electrons. The highest BCUT2D eigenvalue weighted by atomic mass is 35.5. The molecule has 0 aliphatic heterocycles. The molecule has 0 saturated heterocycles. The SMILES string of the molecule is C.C.Cc1cc(Cl)cc(C(=O)NNC(=O)C2CC2)c1NC(=O)c1cc(C(F)(F)F)nn1-c1ncccc1Cl. The van der Waals surface area contributed by atoms with Crippen LogP contribution < -0.4 is 16.2 Å². The first-order valence-electron chi connectivity index (χ1n) is 10.5. The van der Waals surface area contributed by atoms with Gasteiger partial charge in [-0.2, -0.15) is 18.3 Å². The first kappa shape index (κ1) is 30.6. The minimum atomic E-state index is -4.86. The van der Waals surface area contributed by atoms with Crippen molar-refractivity contribution in [3.8, 4) is 5.82 Å². The Hall–Kier alpha value is -3.64. The average molecular weight is 573 g/mol. The normalized spacial score (nSPS) is 12.6. The minimum Gasteiger partial charge on any atom is -0.320 e. The Kier molecular flexibility index (Phi) is 9.51. The van der Waals surface area contributed by atoms with Crippen LogP contribution >= 0.6 is 23.2 Å². The highest BCUT2D eigenvalue weighted by Gasteiger charge is 2.37. The quantitative estimate of drug-likeness (QED) is 0.344. The van der Waals surface area contributed by atoms with E-state index in [-0.39, 0.29) is 53.8 Å². The summed E-state index contributed by atoms with van der Waals surface area (Å²) in [5.74, 6) is -2.55. The molecule has 2 aromatic heterocycles. The molecule has 9 nitrogen and oxygen atoms in total. The van der Waals surface area contributed by atoms with E-state index < -0.39 is 29.4 Å². The summed E-state index contributed by atoms with van der Waals surface area (Å²) in [6.07, 6.45) is -2.15. The number of benzene rings is 1. The number of halogens is 5. The van der Waals surface area contributed by atoms with Crippen molar-refractivity contribution in [3.63, 3.8) is 0 Å². The van der Waals surface area contributed by atoms with Crippen LogP contribution in [0.4, 0.5) is 18.9 Å². The van der Waals surface area contributed by atoms with Gasteiger partial charge >= 0.3 is 6.18 Å². The number of aromatic nitrogens is 3. The van der Waals surface area contributed by atoms with E-state index in [1.807, 2.05) is 0 Å². The number of rotatable bonds is 5. The largest absolute Gasteiger partial charge is 0.435 e. The fourth-order valence-electron chi connectivity index (χ4n) is 3.28. The van der Waals surface area contributed by atoms with Crippen LogP contribution in [0.15, 0.2) is 36.5 Å². The van der Waals surface area contributed by atoms with Gasteiger partial charge < -0.3 is 5.32 Å². The zero-order chi connectivity index (χ0) is 26.2. The van der Waals surface area contributed by atoms with Crippen molar-refractivity contribution >= 4 is 46.6 Å². The highest BCUT2D eigenvalue weighted by molar-refractivity contribution is 6.32. The molecule has 1 aromatic carbocycles. The number of aryl methyl sites for hydroxylation is 1. The van der Waals surface area contributed by atoms with Crippen molar-refractivity contribution in [2.75, 3.05) is 5.32 Å². The molecule has 0 atom stereocenters. The lowest BCUT2D eigenvalue weighted by Gasteiger charge is -2.15. The maximum atomic E-state index is 13.4. The molecule has 14 heteroatoms. The van der Waals surface area contributed by atoms with Gasteiger partial charge in [0.05, 0.1) is 16.3 Å². The predicted molar refractivity (Wildman–Crippen MR) is 137 cm³/mol. The molecule has 1 aliphatic rings. The lowest BCUT2D eigenvalue weighted by atomic mass is 10.1. The smallest absolute Gasteiger partial charge is 0.320 e. The van der Waals surface area contributed by atoms with Gasteiger partial charge in [-0.05, 0) is 49.6 Å². The van der Waals surface area contributed by atoms with E-state index in [0.717, 1.165) is 0 Å². The topological polar surface area (TPSA) is 118 Å². The van der Waals surface area contributed by atoms with Gasteiger partial charge in [-0.3, -0.25) is 25.2 Å². The van der Waals surface area contributed by atoms with Crippen molar-refractivity contribution in [1.29, 1.82) is 0 Å². The monoisotopic (exact) mass is 572 g/mol. The zero-order valence-corrected chi connectivity index (χ0v) is 19.9. The van der Waals surface area contributed by atoms with E-state index in [4.69, 9.17) is 23.2 Å². The molecule has 1 saturated carbocycles. The van der Waals surface area contributed by atoms with Gasteiger partial charge in [0.1, 0.15) is 5.69 Å². The van der Waals surface area contributed by atoms with Gasteiger partial charge in [-0.15, -0.1) is 0 Å². The van der Waals surface area contributed by atoms with Crippen molar-refractivity contribution in [1.82, 2.24) is 25.6 Å². The standard InChI is InChI=1S/C22H17Cl2F3N6O3.2CH4/c1-10-7-12(23)8-13(20(35)31-30-19(34)11-4-5-11)17(10)29-21(36)15-9-16(22(25,26)27)32-33(15)18-14(24)3-2-6-28-18;;/h2-3,6-9,11H,4-5H2,1H3,(H,29,36)(H,30,34)(H,31,35);2*1H4. The van der Waals surface area contributed by atoms with Crippen LogP contribution in [-0.4, -0.2) is 32.5 Å². The Balaban J connectivity index is 0.00000253. The summed E-state index contributed by atoms with van der Waals surface area (Å²) in [7, 11) is 0. The van der Waals surface area contributed by atoms with Crippen LogP contribution in [-0.2, 0) is 11.0 Å². The van der Waals surface area contributed by atoms with Crippen LogP contribution in [0.5, 0.6) is 0 Å². The van der Waals surface area contributed by atoms with Crippen molar-refractivity contribution < 1.29 is 27.6 Å². The average Bonchev–Trinajstić information content (AvgIpc) is 3.56. The summed E-state index contributed by atoms with van der Waals surface area (Å²) in [6.45, 7) is 1.54. The molecule has 3 amide bonds. The molecule has 0 spiro atoms. The first-order valence-corrected chi connectivity index (χ1v) is 11.2. The van der Waals surface area contributed by atoms with E-state index in [0.29, 0.717) is 29.2 Å². The Bertz CT molecular complexity index is 1370. The van der Waals surface area contributed by atoms with Gasteiger partial charge in [0.15, 0.2) is 11.5 Å². The summed E-state index contributed by atoms with van der Waals surface area (Å²) in [6, 6.07) is 6.08. The molecule has 0 unspecified atom stereocenters. The van der Waals surface area contributed by atoms with Crippen molar-refractivity contribution in [2.24, 2.45) is 5.92 Å². The van der Waals surface area contributed by atoms with E-state index >= 15 is 0 Å². The number of alkyl halides is 3. The molecule has 38 heavy (non-hydrogen) atoms. The molecule has 0 bridgehead atoms. The van der Waals surface area contributed by atoms with Crippen molar-refractivity contribution in [3.05, 3.63) is 69.1 Å². The number of hydrogen-bond acceptors (Lipinski definition) is 5. The third-order valence-corrected chi connectivity index (χ3v) is 5.72. The summed E-state index contributed by atoms with van der Waals surface area (Å²) in [4.78, 5) is 41.8. The molecule has 1 fully saturated rings. The number of hydrazine groups is 1. The minimum absolute atomic E-state index is 0. The van der Waals surface area contributed by atoms with Gasteiger partial charge in [-0.25, -0.2) is 9.67 Å². The number of nitrogens with one attached hydrogen (secondary N) is 3. The number of amides is 3. The second-order valence-corrected chi connectivity index (χ2v) is 8.79. The van der Waals surface area contributed by atoms with Gasteiger partial charge in [0.25, 0.3) is 11.8 Å². The Morgan fingerprint density at radius 3 is 2.34 bits per heavy atom. The summed E-state index contributed by atoms with van der Waals surface area (Å²) < 4.78 is 40.9. The van der Waals surface area contributed by atoms with Gasteiger partial charge in [0.2, 0.25) is 5.91 Å². The van der Waals surface area contributed by atoms with Crippen LogP contribution in [0.2, 0.25) is 10.0 Å². The first-order chi connectivity index (χ1) is 17.0. The molecule has 1 aliphatic carbocycles. The van der Waals surface area contributed by atoms with E-state index in [2.05, 4.69) is 26.3 Å². The van der Waals surface area contributed by atoms with Crippen LogP contribution in [0.3, 0.4) is 0 Å². The second kappa shape index (κ2) is 11.8. The Morgan fingerprint density at radius 1 is 1.05 bits per heavy atom. The zero-order valence-electron chi connectivity index (χ0n) is 18.4. The number of pyridine rings is 1. The maximum Gasteiger partial charge on any atom is 0.435 e. The summed E-state index contributed by atoms with van der Waals surface area (Å²) in [5.41, 5.74) is 2.85. The van der Waals surface area contributed by atoms with Crippen LogP contribution in [0, 0.1) is 12.8 Å². The third kappa shape index (κ3) is 6.62. The number of carbonyl (C=O) groups excluding carboxylic acids is 3. The van der Waals surface area contributed by atoms with Gasteiger partial charge in [0, 0.05) is 23.2 Å². The summed E-state index contributed by atoms with van der Waals surface area (Å²) >= 11 is 12.2. The predicted octanol–water partition coefficient (Wildman–Crippen LogP) is 5.60. The molecule has 3 aromatic rings. The maximum absolute atomic E-state index is 13.4. The van der Waals surface area contributed by atoms with Crippen LogP contribution in [0.25, 0.3) is 5.82 Å². The second-order valence-electron chi connectivity index (χ2n) is 7.95. The molecule has 3 N–H and O–H groups in total.